The van der Waals surface area contributed by atoms with Gasteiger partial charge in [0.15, 0.2) is 5.13 Å². The number of carbonyl (C=O) groups is 2. The second kappa shape index (κ2) is 8.77. The molecule has 136 valence electrons. The zero-order valence-electron chi connectivity index (χ0n) is 14.5. The summed E-state index contributed by atoms with van der Waals surface area (Å²) in [6, 6.07) is 15.9. The predicted octanol–water partition coefficient (Wildman–Crippen LogP) is 3.56. The van der Waals surface area contributed by atoms with Crippen LogP contribution < -0.4 is 15.4 Å². The number of hydrogen-bond acceptors (Lipinski definition) is 5. The minimum absolute atomic E-state index is 0.115. The number of ether oxygens (including phenoxy) is 1. The molecule has 0 aliphatic rings. The summed E-state index contributed by atoms with van der Waals surface area (Å²) in [5.74, 6) is -0.121. The third-order valence-electron chi connectivity index (χ3n) is 3.61. The van der Waals surface area contributed by atoms with Gasteiger partial charge < -0.3 is 10.1 Å². The Morgan fingerprint density at radius 3 is 2.44 bits per heavy atom. The molecule has 1 aromatic heterocycles. The molecule has 0 bridgehead atoms. The summed E-state index contributed by atoms with van der Waals surface area (Å²) in [7, 11) is 1.58. The summed E-state index contributed by atoms with van der Waals surface area (Å²) in [6.07, 6.45) is 3.19. The van der Waals surface area contributed by atoms with Crippen molar-refractivity contribution in [1.29, 1.82) is 0 Å². The fourth-order valence-electron chi connectivity index (χ4n) is 2.26. The Balaban J connectivity index is 1.86. The van der Waals surface area contributed by atoms with Gasteiger partial charge in [0.25, 0.3) is 11.8 Å². The Kier molecular flexibility index (Phi) is 5.96. The van der Waals surface area contributed by atoms with E-state index < -0.39 is 5.91 Å². The van der Waals surface area contributed by atoms with E-state index >= 15 is 0 Å². The van der Waals surface area contributed by atoms with Crippen molar-refractivity contribution in [2.45, 2.75) is 0 Å². The van der Waals surface area contributed by atoms with Crippen molar-refractivity contribution in [1.82, 2.24) is 10.3 Å². The fourth-order valence-corrected chi connectivity index (χ4v) is 2.78. The Bertz CT molecular complexity index is 936. The zero-order chi connectivity index (χ0) is 19.1. The second-order valence-corrected chi connectivity index (χ2v) is 6.34. The van der Waals surface area contributed by atoms with Crippen LogP contribution in [-0.4, -0.2) is 23.9 Å². The highest BCUT2D eigenvalue weighted by molar-refractivity contribution is 7.13. The molecule has 3 aromatic rings. The number of thiazole rings is 1. The summed E-state index contributed by atoms with van der Waals surface area (Å²) in [5, 5.41) is 7.57. The summed E-state index contributed by atoms with van der Waals surface area (Å²) in [5.41, 5.74) is 1.32. The van der Waals surface area contributed by atoms with Gasteiger partial charge in [-0.15, -0.1) is 11.3 Å². The van der Waals surface area contributed by atoms with Crippen LogP contribution in [0.3, 0.4) is 0 Å². The van der Waals surface area contributed by atoms with Gasteiger partial charge in [-0.2, -0.15) is 0 Å². The minimum atomic E-state index is -0.454. The first-order chi connectivity index (χ1) is 13.2. The molecule has 0 radical (unpaired) electrons. The number of rotatable bonds is 6. The molecule has 0 atom stereocenters. The second-order valence-electron chi connectivity index (χ2n) is 5.44. The van der Waals surface area contributed by atoms with Gasteiger partial charge in [0.2, 0.25) is 0 Å². The SMILES string of the molecule is COc1ccc(/C=C(\NC(=O)c2ccccc2)C(=O)Nc2nccs2)cc1. The predicted molar refractivity (Wildman–Crippen MR) is 106 cm³/mol. The van der Waals surface area contributed by atoms with Crippen LogP contribution in [0.5, 0.6) is 5.75 Å². The van der Waals surface area contributed by atoms with Crippen molar-refractivity contribution < 1.29 is 14.3 Å². The van der Waals surface area contributed by atoms with E-state index in [4.69, 9.17) is 4.74 Å². The largest absolute Gasteiger partial charge is 0.497 e. The molecule has 0 unspecified atom stereocenters. The normalized spacial score (nSPS) is 10.9. The minimum Gasteiger partial charge on any atom is -0.497 e. The molecule has 0 spiro atoms. The number of hydrogen-bond donors (Lipinski definition) is 2. The monoisotopic (exact) mass is 379 g/mol. The lowest BCUT2D eigenvalue weighted by molar-refractivity contribution is -0.113. The molecular weight excluding hydrogens is 362 g/mol. The first-order valence-electron chi connectivity index (χ1n) is 8.08. The molecule has 0 fully saturated rings. The highest BCUT2D eigenvalue weighted by Crippen LogP contribution is 2.16. The fraction of sp³-hybridized carbons (Fsp3) is 0.0500. The molecule has 0 aliphatic heterocycles. The summed E-state index contributed by atoms with van der Waals surface area (Å²) < 4.78 is 5.14. The van der Waals surface area contributed by atoms with Gasteiger partial charge in [-0.3, -0.25) is 14.9 Å². The molecule has 2 N–H and O–H groups in total. The maximum atomic E-state index is 12.7. The van der Waals surface area contributed by atoms with Crippen LogP contribution >= 0.6 is 11.3 Å². The summed E-state index contributed by atoms with van der Waals surface area (Å²) >= 11 is 1.30. The molecule has 3 rings (SSSR count). The average Bonchev–Trinajstić information content (AvgIpc) is 3.21. The number of methoxy groups -OCH3 is 1. The maximum Gasteiger partial charge on any atom is 0.273 e. The van der Waals surface area contributed by atoms with Gasteiger partial charge in [0.1, 0.15) is 11.4 Å². The van der Waals surface area contributed by atoms with E-state index in [1.807, 2.05) is 6.07 Å². The molecule has 0 aliphatic carbocycles. The number of aromatic nitrogens is 1. The van der Waals surface area contributed by atoms with Gasteiger partial charge >= 0.3 is 0 Å². The Morgan fingerprint density at radius 2 is 1.81 bits per heavy atom. The van der Waals surface area contributed by atoms with Gasteiger partial charge in [-0.05, 0) is 35.9 Å². The lowest BCUT2D eigenvalue weighted by Crippen LogP contribution is -2.30. The Labute approximate surface area is 160 Å². The van der Waals surface area contributed by atoms with Gasteiger partial charge in [-0.1, -0.05) is 30.3 Å². The molecular formula is C20H17N3O3S. The molecule has 1 heterocycles. The van der Waals surface area contributed by atoms with Crippen molar-refractivity contribution in [2.75, 3.05) is 12.4 Å². The van der Waals surface area contributed by atoms with Gasteiger partial charge in [-0.25, -0.2) is 4.98 Å². The molecule has 2 amide bonds. The van der Waals surface area contributed by atoms with Crippen molar-refractivity contribution >= 4 is 34.4 Å². The van der Waals surface area contributed by atoms with Crippen LogP contribution in [0.25, 0.3) is 6.08 Å². The van der Waals surface area contributed by atoms with Crippen LogP contribution in [0.1, 0.15) is 15.9 Å². The lowest BCUT2D eigenvalue weighted by atomic mass is 10.1. The van der Waals surface area contributed by atoms with Crippen molar-refractivity contribution in [3.63, 3.8) is 0 Å². The first-order valence-corrected chi connectivity index (χ1v) is 8.96. The van der Waals surface area contributed by atoms with E-state index in [-0.39, 0.29) is 11.6 Å². The number of nitrogens with zero attached hydrogens (tertiary/aromatic N) is 1. The summed E-state index contributed by atoms with van der Waals surface area (Å²) in [4.78, 5) is 29.2. The molecule has 0 saturated carbocycles. The standard InChI is InChI=1S/C20H17N3O3S/c1-26-16-9-7-14(8-10-16)13-17(19(25)23-20-21-11-12-27-20)22-18(24)15-5-3-2-4-6-15/h2-13H,1H3,(H,22,24)(H,21,23,25)/b17-13-. The van der Waals surface area contributed by atoms with Crippen molar-refractivity contribution in [3.05, 3.63) is 83.0 Å². The number of nitrogens with one attached hydrogen (secondary N) is 2. The zero-order valence-corrected chi connectivity index (χ0v) is 15.3. The lowest BCUT2D eigenvalue weighted by Gasteiger charge is -2.10. The molecule has 27 heavy (non-hydrogen) atoms. The topological polar surface area (TPSA) is 80.3 Å². The van der Waals surface area contributed by atoms with Crippen LogP contribution in [0, 0.1) is 0 Å². The molecule has 6 nitrogen and oxygen atoms in total. The number of benzene rings is 2. The highest BCUT2D eigenvalue weighted by atomic mass is 32.1. The smallest absolute Gasteiger partial charge is 0.273 e. The van der Waals surface area contributed by atoms with Crippen LogP contribution in [-0.2, 0) is 4.79 Å². The molecule has 7 heteroatoms. The number of carbonyl (C=O) groups excluding carboxylic acids is 2. The van der Waals surface area contributed by atoms with Crippen molar-refractivity contribution in [3.8, 4) is 5.75 Å². The maximum absolute atomic E-state index is 12.7. The number of anilines is 1. The molecule has 0 saturated heterocycles. The third kappa shape index (κ3) is 5.02. The van der Waals surface area contributed by atoms with Crippen LogP contribution in [0.4, 0.5) is 5.13 Å². The van der Waals surface area contributed by atoms with E-state index in [0.29, 0.717) is 16.4 Å². The number of amides is 2. The summed E-state index contributed by atoms with van der Waals surface area (Å²) in [6.45, 7) is 0. The van der Waals surface area contributed by atoms with E-state index in [2.05, 4.69) is 15.6 Å². The van der Waals surface area contributed by atoms with Crippen LogP contribution in [0.15, 0.2) is 71.9 Å². The van der Waals surface area contributed by atoms with E-state index in [1.165, 1.54) is 11.3 Å². The Hall–Kier alpha value is -3.45. The van der Waals surface area contributed by atoms with Crippen molar-refractivity contribution in [2.24, 2.45) is 0 Å². The highest BCUT2D eigenvalue weighted by Gasteiger charge is 2.15. The van der Waals surface area contributed by atoms with E-state index in [9.17, 15) is 9.59 Å². The Morgan fingerprint density at radius 1 is 1.07 bits per heavy atom. The average molecular weight is 379 g/mol. The van der Waals surface area contributed by atoms with E-state index in [1.54, 1.807) is 73.3 Å². The first kappa shape index (κ1) is 18.3. The molecule has 2 aromatic carbocycles. The quantitative estimate of drug-likeness (QED) is 0.642. The third-order valence-corrected chi connectivity index (χ3v) is 4.30. The van der Waals surface area contributed by atoms with Gasteiger partial charge in [0, 0.05) is 17.1 Å². The van der Waals surface area contributed by atoms with Gasteiger partial charge in [0.05, 0.1) is 7.11 Å². The van der Waals surface area contributed by atoms with E-state index in [0.717, 1.165) is 5.56 Å². The van der Waals surface area contributed by atoms with Crippen LogP contribution in [0.2, 0.25) is 0 Å².